The van der Waals surface area contributed by atoms with E-state index in [4.69, 9.17) is 4.74 Å². The Kier molecular flexibility index (Phi) is 3.59. The lowest BCUT2D eigenvalue weighted by molar-refractivity contribution is -0.122. The van der Waals surface area contributed by atoms with Crippen LogP contribution in [0.15, 0.2) is 35.7 Å². The highest BCUT2D eigenvalue weighted by Gasteiger charge is 2.25. The lowest BCUT2D eigenvalue weighted by Crippen LogP contribution is -2.34. The summed E-state index contributed by atoms with van der Waals surface area (Å²) in [4.78, 5) is 11.5. The van der Waals surface area contributed by atoms with Crippen LogP contribution < -0.4 is 14.8 Å². The molecule has 2 N–H and O–H groups in total. The van der Waals surface area contributed by atoms with Crippen molar-refractivity contribution in [1.29, 1.82) is 0 Å². The second-order valence-corrected chi connectivity index (χ2v) is 5.81. The summed E-state index contributed by atoms with van der Waals surface area (Å²) in [6, 6.07) is 4.29. The van der Waals surface area contributed by atoms with Crippen LogP contribution in [0.1, 0.15) is 6.92 Å². The molecule has 0 bridgehead atoms. The third kappa shape index (κ3) is 2.77. The van der Waals surface area contributed by atoms with Crippen molar-refractivity contribution in [3.63, 3.8) is 0 Å². The second-order valence-electron chi connectivity index (χ2n) is 4.05. The molecule has 1 amide bonds. The molecule has 102 valence electrons. The number of rotatable bonds is 4. The van der Waals surface area contributed by atoms with Crippen LogP contribution in [-0.2, 0) is 14.8 Å². The van der Waals surface area contributed by atoms with Crippen molar-refractivity contribution in [2.75, 3.05) is 11.9 Å². The number of amides is 1. The molecule has 1 aliphatic rings. The number of fused-ring (bicyclic) bond motifs is 1. The molecule has 7 heteroatoms. The van der Waals surface area contributed by atoms with Crippen molar-refractivity contribution >= 4 is 21.6 Å². The molecular formula is C12H14N2O4S. The Hall–Kier alpha value is -1.86. The topological polar surface area (TPSA) is 84.5 Å². The highest BCUT2D eigenvalue weighted by molar-refractivity contribution is 7.89. The molecule has 19 heavy (non-hydrogen) atoms. The Labute approximate surface area is 111 Å². The predicted molar refractivity (Wildman–Crippen MR) is 70.5 cm³/mol. The predicted octanol–water partition coefficient (Wildman–Crippen LogP) is 0.870. The fourth-order valence-electron chi connectivity index (χ4n) is 1.60. The van der Waals surface area contributed by atoms with E-state index < -0.39 is 16.1 Å². The van der Waals surface area contributed by atoms with Crippen LogP contribution in [0.5, 0.6) is 5.75 Å². The molecule has 1 heterocycles. The van der Waals surface area contributed by atoms with Gasteiger partial charge in [0, 0.05) is 12.6 Å². The van der Waals surface area contributed by atoms with Gasteiger partial charge in [-0.1, -0.05) is 6.08 Å². The lowest BCUT2D eigenvalue weighted by atomic mass is 10.2. The molecule has 0 spiro atoms. The zero-order chi connectivity index (χ0) is 14.0. The summed E-state index contributed by atoms with van der Waals surface area (Å²) < 4.78 is 31.6. The summed E-state index contributed by atoms with van der Waals surface area (Å²) in [5, 5.41) is 2.64. The first-order valence-corrected chi connectivity index (χ1v) is 7.14. The van der Waals surface area contributed by atoms with Gasteiger partial charge in [-0.3, -0.25) is 4.79 Å². The van der Waals surface area contributed by atoms with E-state index in [1.54, 1.807) is 6.92 Å². The molecule has 1 atom stereocenters. The summed E-state index contributed by atoms with van der Waals surface area (Å²) in [5.74, 6) is 0.0847. The fraction of sp³-hybridized carbons (Fsp3) is 0.250. The van der Waals surface area contributed by atoms with Crippen LogP contribution in [0.2, 0.25) is 0 Å². The number of carbonyl (C=O) groups excluding carboxylic acids is 1. The van der Waals surface area contributed by atoms with Gasteiger partial charge in [-0.25, -0.2) is 13.1 Å². The van der Waals surface area contributed by atoms with E-state index in [-0.39, 0.29) is 17.3 Å². The van der Waals surface area contributed by atoms with Gasteiger partial charge in [0.25, 0.3) is 5.91 Å². The van der Waals surface area contributed by atoms with Gasteiger partial charge in [-0.2, -0.15) is 0 Å². The Morgan fingerprint density at radius 2 is 2.26 bits per heavy atom. The monoisotopic (exact) mass is 282 g/mol. The van der Waals surface area contributed by atoms with Crippen LogP contribution in [-0.4, -0.2) is 27.0 Å². The standard InChI is InChI=1S/C12H14N2O4S/c1-3-6-13-19(16,17)9-4-5-10-11(7-9)18-8(2)12(15)14-10/h3-5,7-8,13H,1,6H2,2H3,(H,14,15)/t8-/m1/s1. The van der Waals surface area contributed by atoms with E-state index in [2.05, 4.69) is 16.6 Å². The first kappa shape index (κ1) is 13.6. The van der Waals surface area contributed by atoms with Gasteiger partial charge in [-0.05, 0) is 19.1 Å². The summed E-state index contributed by atoms with van der Waals surface area (Å²) in [6.07, 6.45) is 0.806. The van der Waals surface area contributed by atoms with E-state index in [1.165, 1.54) is 24.3 Å². The molecule has 1 aliphatic heterocycles. The second kappa shape index (κ2) is 5.02. The molecule has 1 aromatic carbocycles. The number of hydrogen-bond acceptors (Lipinski definition) is 4. The number of sulfonamides is 1. The van der Waals surface area contributed by atoms with E-state index in [9.17, 15) is 13.2 Å². The minimum Gasteiger partial charge on any atom is -0.479 e. The van der Waals surface area contributed by atoms with Crippen molar-refractivity contribution in [2.24, 2.45) is 0 Å². The number of hydrogen-bond donors (Lipinski definition) is 2. The molecule has 0 radical (unpaired) electrons. The number of carbonyl (C=O) groups is 1. The maximum Gasteiger partial charge on any atom is 0.265 e. The van der Waals surface area contributed by atoms with E-state index in [0.29, 0.717) is 11.4 Å². The van der Waals surface area contributed by atoms with Gasteiger partial charge in [0.1, 0.15) is 5.75 Å². The van der Waals surface area contributed by atoms with E-state index >= 15 is 0 Å². The number of ether oxygens (including phenoxy) is 1. The van der Waals surface area contributed by atoms with Gasteiger partial charge in [0.2, 0.25) is 10.0 Å². The molecule has 0 unspecified atom stereocenters. The molecule has 0 fully saturated rings. The van der Waals surface area contributed by atoms with Crippen LogP contribution in [0.3, 0.4) is 0 Å². The van der Waals surface area contributed by atoms with Gasteiger partial charge >= 0.3 is 0 Å². The van der Waals surface area contributed by atoms with Crippen molar-refractivity contribution in [2.45, 2.75) is 17.9 Å². The summed E-state index contributed by atoms with van der Waals surface area (Å²) in [5.41, 5.74) is 0.464. The van der Waals surface area contributed by atoms with Crippen molar-refractivity contribution in [3.8, 4) is 5.75 Å². The third-order valence-electron chi connectivity index (χ3n) is 2.61. The molecule has 0 saturated heterocycles. The number of benzene rings is 1. The zero-order valence-corrected chi connectivity index (χ0v) is 11.2. The number of anilines is 1. The maximum atomic E-state index is 11.9. The van der Waals surface area contributed by atoms with E-state index in [1.807, 2.05) is 0 Å². The summed E-state index contributed by atoms with van der Waals surface area (Å²) in [7, 11) is -3.60. The molecule has 1 aromatic rings. The van der Waals surface area contributed by atoms with Gasteiger partial charge in [-0.15, -0.1) is 6.58 Å². The molecule has 0 aliphatic carbocycles. The Bertz CT molecular complexity index is 625. The van der Waals surface area contributed by atoms with Crippen LogP contribution >= 0.6 is 0 Å². The minimum atomic E-state index is -3.60. The Morgan fingerprint density at radius 1 is 1.53 bits per heavy atom. The quantitative estimate of drug-likeness (QED) is 0.803. The molecule has 6 nitrogen and oxygen atoms in total. The largest absolute Gasteiger partial charge is 0.479 e. The average molecular weight is 282 g/mol. The highest BCUT2D eigenvalue weighted by Crippen LogP contribution is 2.31. The third-order valence-corrected chi connectivity index (χ3v) is 4.03. The zero-order valence-electron chi connectivity index (χ0n) is 10.3. The molecule has 0 aromatic heterocycles. The fourth-order valence-corrected chi connectivity index (χ4v) is 2.61. The SMILES string of the molecule is C=CCNS(=O)(=O)c1ccc2c(c1)O[C@H](C)C(=O)N2. The Morgan fingerprint density at radius 3 is 2.95 bits per heavy atom. The normalized spacial score (nSPS) is 18.2. The van der Waals surface area contributed by atoms with Crippen molar-refractivity contribution in [1.82, 2.24) is 4.72 Å². The highest BCUT2D eigenvalue weighted by atomic mass is 32.2. The van der Waals surface area contributed by atoms with Crippen molar-refractivity contribution in [3.05, 3.63) is 30.9 Å². The minimum absolute atomic E-state index is 0.0800. The van der Waals surface area contributed by atoms with Gasteiger partial charge in [0.05, 0.1) is 10.6 Å². The average Bonchev–Trinajstić information content (AvgIpc) is 2.37. The van der Waals surface area contributed by atoms with Crippen LogP contribution in [0.25, 0.3) is 0 Å². The first-order chi connectivity index (χ1) is 8.94. The smallest absolute Gasteiger partial charge is 0.265 e. The van der Waals surface area contributed by atoms with E-state index in [0.717, 1.165) is 0 Å². The van der Waals surface area contributed by atoms with Crippen LogP contribution in [0, 0.1) is 0 Å². The maximum absolute atomic E-state index is 11.9. The lowest BCUT2D eigenvalue weighted by Gasteiger charge is -2.23. The molecule has 0 saturated carbocycles. The van der Waals surface area contributed by atoms with Crippen molar-refractivity contribution < 1.29 is 17.9 Å². The first-order valence-electron chi connectivity index (χ1n) is 5.66. The summed E-state index contributed by atoms with van der Waals surface area (Å²) >= 11 is 0. The Balaban J connectivity index is 2.34. The molecular weight excluding hydrogens is 268 g/mol. The summed E-state index contributed by atoms with van der Waals surface area (Å²) in [6.45, 7) is 5.19. The van der Waals surface area contributed by atoms with Gasteiger partial charge < -0.3 is 10.1 Å². The molecule has 2 rings (SSSR count). The van der Waals surface area contributed by atoms with Crippen LogP contribution in [0.4, 0.5) is 5.69 Å². The van der Waals surface area contributed by atoms with Gasteiger partial charge in [0.15, 0.2) is 6.10 Å². The number of nitrogens with one attached hydrogen (secondary N) is 2.